The number of hydrogen-bond acceptors (Lipinski definition) is 2. The number of aliphatic hydroxyl groups is 1. The van der Waals surface area contributed by atoms with Gasteiger partial charge in [-0.1, -0.05) is 24.3 Å². The summed E-state index contributed by atoms with van der Waals surface area (Å²) in [6.07, 6.45) is -3.21. The van der Waals surface area contributed by atoms with Crippen molar-refractivity contribution in [1.82, 2.24) is 0 Å². The van der Waals surface area contributed by atoms with E-state index in [9.17, 15) is 13.9 Å². The first-order chi connectivity index (χ1) is 7.50. The average Bonchev–Trinajstić information content (AvgIpc) is 2.26. The zero-order valence-corrected chi connectivity index (χ0v) is 9.36. The van der Waals surface area contributed by atoms with Gasteiger partial charge in [0.25, 0.3) is 6.43 Å². The third kappa shape index (κ3) is 3.87. The third-order valence-corrected chi connectivity index (χ3v) is 2.16. The van der Waals surface area contributed by atoms with Crippen LogP contribution in [0.2, 0.25) is 0 Å². The van der Waals surface area contributed by atoms with Crippen molar-refractivity contribution in [2.45, 2.75) is 32.5 Å². The second-order valence-electron chi connectivity index (χ2n) is 3.87. The minimum atomic E-state index is -2.47. The molecule has 1 N–H and O–H groups in total. The lowest BCUT2D eigenvalue weighted by Gasteiger charge is -2.14. The SMILES string of the molecule is CC(C)OCC(O)c1ccc(C(F)F)cc1. The van der Waals surface area contributed by atoms with E-state index in [-0.39, 0.29) is 18.3 Å². The zero-order valence-electron chi connectivity index (χ0n) is 9.36. The topological polar surface area (TPSA) is 29.5 Å². The first kappa shape index (κ1) is 13.1. The maximum absolute atomic E-state index is 12.3. The van der Waals surface area contributed by atoms with Crippen molar-refractivity contribution in [2.75, 3.05) is 6.61 Å². The van der Waals surface area contributed by atoms with E-state index in [1.54, 1.807) is 0 Å². The van der Waals surface area contributed by atoms with Gasteiger partial charge in [0.1, 0.15) is 6.10 Å². The van der Waals surface area contributed by atoms with Gasteiger partial charge in [-0.25, -0.2) is 8.78 Å². The molecule has 2 nitrogen and oxygen atoms in total. The van der Waals surface area contributed by atoms with E-state index < -0.39 is 12.5 Å². The van der Waals surface area contributed by atoms with Crippen molar-refractivity contribution in [3.8, 4) is 0 Å². The van der Waals surface area contributed by atoms with Gasteiger partial charge in [0.05, 0.1) is 12.7 Å². The Balaban J connectivity index is 2.59. The molecule has 0 heterocycles. The van der Waals surface area contributed by atoms with Crippen LogP contribution in [0.15, 0.2) is 24.3 Å². The number of alkyl halides is 2. The van der Waals surface area contributed by atoms with Gasteiger partial charge in [-0.2, -0.15) is 0 Å². The van der Waals surface area contributed by atoms with Crippen LogP contribution in [0.5, 0.6) is 0 Å². The standard InChI is InChI=1S/C12H16F2O2/c1-8(2)16-7-11(15)9-3-5-10(6-4-9)12(13)14/h3-6,8,11-12,15H,7H2,1-2H3. The first-order valence-corrected chi connectivity index (χ1v) is 5.18. The van der Waals surface area contributed by atoms with Gasteiger partial charge in [0, 0.05) is 5.56 Å². The van der Waals surface area contributed by atoms with Crippen molar-refractivity contribution in [1.29, 1.82) is 0 Å². The Labute approximate surface area is 93.9 Å². The highest BCUT2D eigenvalue weighted by Gasteiger charge is 2.11. The molecule has 1 atom stereocenters. The molecular formula is C12H16F2O2. The maximum Gasteiger partial charge on any atom is 0.263 e. The normalized spacial score (nSPS) is 13.4. The number of aliphatic hydroxyl groups excluding tert-OH is 1. The number of halogens is 2. The Hall–Kier alpha value is -1.00. The van der Waals surface area contributed by atoms with Crippen LogP contribution in [-0.2, 0) is 4.74 Å². The highest BCUT2D eigenvalue weighted by Crippen LogP contribution is 2.21. The van der Waals surface area contributed by atoms with Crippen LogP contribution in [0.1, 0.15) is 37.5 Å². The number of rotatable bonds is 5. The van der Waals surface area contributed by atoms with Gasteiger partial charge in [-0.3, -0.25) is 0 Å². The Morgan fingerprint density at radius 3 is 2.06 bits per heavy atom. The molecule has 0 aromatic heterocycles. The van der Waals surface area contributed by atoms with Crippen LogP contribution in [0.3, 0.4) is 0 Å². The summed E-state index contributed by atoms with van der Waals surface area (Å²) in [5.41, 5.74) is 0.547. The summed E-state index contributed by atoms with van der Waals surface area (Å²) in [5.74, 6) is 0. The molecule has 0 saturated carbocycles. The minimum Gasteiger partial charge on any atom is -0.386 e. The fourth-order valence-corrected chi connectivity index (χ4v) is 1.24. The van der Waals surface area contributed by atoms with E-state index in [2.05, 4.69) is 0 Å². The lowest BCUT2D eigenvalue weighted by molar-refractivity contribution is 0.00490. The molecule has 16 heavy (non-hydrogen) atoms. The van der Waals surface area contributed by atoms with Crippen LogP contribution in [0.25, 0.3) is 0 Å². The Morgan fingerprint density at radius 2 is 1.62 bits per heavy atom. The molecule has 0 saturated heterocycles. The number of benzene rings is 1. The number of ether oxygens (including phenoxy) is 1. The van der Waals surface area contributed by atoms with Gasteiger partial charge in [-0.05, 0) is 19.4 Å². The monoisotopic (exact) mass is 230 g/mol. The number of hydrogen-bond donors (Lipinski definition) is 1. The molecule has 1 rings (SSSR count). The van der Waals surface area contributed by atoms with Gasteiger partial charge in [0.2, 0.25) is 0 Å². The molecule has 4 heteroatoms. The van der Waals surface area contributed by atoms with Crippen LogP contribution in [-0.4, -0.2) is 17.8 Å². The van der Waals surface area contributed by atoms with Gasteiger partial charge in [0.15, 0.2) is 0 Å². The third-order valence-electron chi connectivity index (χ3n) is 2.16. The van der Waals surface area contributed by atoms with Crippen LogP contribution in [0, 0.1) is 0 Å². The molecule has 0 amide bonds. The molecular weight excluding hydrogens is 214 g/mol. The molecule has 0 spiro atoms. The summed E-state index contributed by atoms with van der Waals surface area (Å²) >= 11 is 0. The van der Waals surface area contributed by atoms with Gasteiger partial charge in [-0.15, -0.1) is 0 Å². The summed E-state index contributed by atoms with van der Waals surface area (Å²) < 4.78 is 29.8. The van der Waals surface area contributed by atoms with Crippen molar-refractivity contribution in [3.63, 3.8) is 0 Å². The summed E-state index contributed by atoms with van der Waals surface area (Å²) in [7, 11) is 0. The quantitative estimate of drug-likeness (QED) is 0.842. The van der Waals surface area contributed by atoms with Crippen molar-refractivity contribution >= 4 is 0 Å². The summed E-state index contributed by atoms with van der Waals surface area (Å²) in [6, 6.07) is 5.63. The van der Waals surface area contributed by atoms with E-state index in [1.165, 1.54) is 24.3 Å². The first-order valence-electron chi connectivity index (χ1n) is 5.18. The van der Waals surface area contributed by atoms with E-state index in [0.29, 0.717) is 5.56 Å². The van der Waals surface area contributed by atoms with Gasteiger partial charge >= 0.3 is 0 Å². The minimum absolute atomic E-state index is 0.0370. The van der Waals surface area contributed by atoms with Crippen LogP contribution < -0.4 is 0 Å². The largest absolute Gasteiger partial charge is 0.386 e. The highest BCUT2D eigenvalue weighted by atomic mass is 19.3. The average molecular weight is 230 g/mol. The fraction of sp³-hybridized carbons (Fsp3) is 0.500. The second-order valence-corrected chi connectivity index (χ2v) is 3.87. The predicted molar refractivity (Wildman–Crippen MR) is 57.4 cm³/mol. The molecule has 1 aromatic rings. The lowest BCUT2D eigenvalue weighted by atomic mass is 10.1. The summed E-state index contributed by atoms with van der Waals surface area (Å²) in [4.78, 5) is 0. The molecule has 0 aliphatic heterocycles. The highest BCUT2D eigenvalue weighted by molar-refractivity contribution is 5.24. The zero-order chi connectivity index (χ0) is 12.1. The smallest absolute Gasteiger partial charge is 0.263 e. The molecule has 1 unspecified atom stereocenters. The molecule has 0 radical (unpaired) electrons. The molecule has 90 valence electrons. The van der Waals surface area contributed by atoms with Crippen molar-refractivity contribution in [2.24, 2.45) is 0 Å². The van der Waals surface area contributed by atoms with E-state index in [0.717, 1.165) is 0 Å². The van der Waals surface area contributed by atoms with Crippen molar-refractivity contribution < 1.29 is 18.6 Å². The Bertz CT molecular complexity index is 309. The molecule has 1 aromatic carbocycles. The van der Waals surface area contributed by atoms with Crippen LogP contribution >= 0.6 is 0 Å². The van der Waals surface area contributed by atoms with E-state index >= 15 is 0 Å². The van der Waals surface area contributed by atoms with E-state index in [1.807, 2.05) is 13.8 Å². The molecule has 0 aliphatic carbocycles. The van der Waals surface area contributed by atoms with Gasteiger partial charge < -0.3 is 9.84 Å². The fourth-order valence-electron chi connectivity index (χ4n) is 1.24. The lowest BCUT2D eigenvalue weighted by Crippen LogP contribution is -2.11. The van der Waals surface area contributed by atoms with E-state index in [4.69, 9.17) is 4.74 Å². The maximum atomic E-state index is 12.3. The molecule has 0 fully saturated rings. The van der Waals surface area contributed by atoms with Crippen molar-refractivity contribution in [3.05, 3.63) is 35.4 Å². The molecule has 0 aliphatic rings. The second kappa shape index (κ2) is 5.92. The Morgan fingerprint density at radius 1 is 1.12 bits per heavy atom. The molecule has 0 bridgehead atoms. The summed E-state index contributed by atoms with van der Waals surface area (Å²) in [6.45, 7) is 3.91. The van der Waals surface area contributed by atoms with Crippen LogP contribution in [0.4, 0.5) is 8.78 Å². The predicted octanol–water partition coefficient (Wildman–Crippen LogP) is 3.08. The summed E-state index contributed by atoms with van der Waals surface area (Å²) in [5, 5.41) is 9.69. The Kier molecular flexibility index (Phi) is 4.83.